The predicted octanol–water partition coefficient (Wildman–Crippen LogP) is 3.82. The molecule has 3 aromatic rings. The van der Waals surface area contributed by atoms with Crippen LogP contribution in [0.3, 0.4) is 0 Å². The van der Waals surface area contributed by atoms with Gasteiger partial charge >= 0.3 is 6.09 Å². The summed E-state index contributed by atoms with van der Waals surface area (Å²) in [5.41, 5.74) is 1.66. The first-order valence-electron chi connectivity index (χ1n) is 9.75. The van der Waals surface area contributed by atoms with Crippen LogP contribution in [0, 0.1) is 23.1 Å². The first-order valence-corrected chi connectivity index (χ1v) is 9.75. The molecule has 9 nitrogen and oxygen atoms in total. The van der Waals surface area contributed by atoms with E-state index in [0.29, 0.717) is 5.69 Å². The largest absolute Gasteiger partial charge is 0.465 e. The number of aromatic nitrogens is 3. The van der Waals surface area contributed by atoms with Gasteiger partial charge in [0.15, 0.2) is 17.5 Å². The maximum Gasteiger partial charge on any atom is 0.404 e. The van der Waals surface area contributed by atoms with Gasteiger partial charge in [-0.3, -0.25) is 4.68 Å². The number of nitrogens with zero attached hydrogens (tertiary/aromatic N) is 4. The number of pyridine rings is 1. The number of hydrogen-bond donors (Lipinski definition) is 4. The Morgan fingerprint density at radius 1 is 1.26 bits per heavy atom. The Morgan fingerprint density at radius 2 is 2.00 bits per heavy atom. The molecular formula is C21H24FN7O2. The third-order valence-corrected chi connectivity index (χ3v) is 5.02. The van der Waals surface area contributed by atoms with Gasteiger partial charge in [0.25, 0.3) is 0 Å². The molecule has 2 aromatic heterocycles. The molecule has 0 aliphatic carbocycles. The maximum atomic E-state index is 14.7. The van der Waals surface area contributed by atoms with Crippen molar-refractivity contribution in [2.75, 3.05) is 10.6 Å². The van der Waals surface area contributed by atoms with E-state index < -0.39 is 24.0 Å². The lowest BCUT2D eigenvalue weighted by molar-refractivity contribution is 0.188. The molecule has 2 atom stereocenters. The highest BCUT2D eigenvalue weighted by Crippen LogP contribution is 2.27. The molecule has 0 aliphatic heterocycles. The van der Waals surface area contributed by atoms with Crippen LogP contribution >= 0.6 is 0 Å². The Balaban J connectivity index is 1.92. The Kier molecular flexibility index (Phi) is 6.25. The molecule has 3 rings (SSSR count). The minimum Gasteiger partial charge on any atom is -0.465 e. The molecule has 0 radical (unpaired) electrons. The number of hydrogen-bond acceptors (Lipinski definition) is 6. The normalized spacial score (nSPS) is 12.9. The number of nitrogens with one attached hydrogen (secondary N) is 3. The van der Waals surface area contributed by atoms with Gasteiger partial charge in [-0.1, -0.05) is 13.8 Å². The van der Waals surface area contributed by atoms with Crippen molar-refractivity contribution in [1.29, 1.82) is 5.26 Å². The fraction of sp³-hybridized carbons (Fsp3) is 0.333. The number of carbonyl (C=O) groups is 1. The molecule has 0 saturated heterocycles. The summed E-state index contributed by atoms with van der Waals surface area (Å²) in [6, 6.07) is 7.69. The minimum atomic E-state index is -1.17. The van der Waals surface area contributed by atoms with Crippen molar-refractivity contribution in [3.05, 3.63) is 41.8 Å². The molecule has 0 saturated carbocycles. The first-order chi connectivity index (χ1) is 14.7. The fourth-order valence-corrected chi connectivity index (χ4v) is 3.46. The number of amides is 1. The van der Waals surface area contributed by atoms with Crippen LogP contribution in [0.2, 0.25) is 0 Å². The van der Waals surface area contributed by atoms with E-state index in [-0.39, 0.29) is 23.1 Å². The summed E-state index contributed by atoms with van der Waals surface area (Å²) in [6.45, 7) is 5.47. The fourth-order valence-electron chi connectivity index (χ4n) is 3.46. The van der Waals surface area contributed by atoms with E-state index in [2.05, 4.69) is 26.0 Å². The topological polar surface area (TPSA) is 128 Å². The quantitative estimate of drug-likeness (QED) is 0.453. The number of anilines is 3. The number of aryl methyl sites for hydroxylation is 1. The van der Waals surface area contributed by atoms with Crippen molar-refractivity contribution in [1.82, 2.24) is 20.1 Å². The van der Waals surface area contributed by atoms with E-state index in [4.69, 9.17) is 5.11 Å². The van der Waals surface area contributed by atoms with Gasteiger partial charge in [0, 0.05) is 30.2 Å². The number of rotatable bonds is 7. The summed E-state index contributed by atoms with van der Waals surface area (Å²) in [6.07, 6.45) is 0.558. The maximum absolute atomic E-state index is 14.7. The lowest BCUT2D eigenvalue weighted by Crippen LogP contribution is -2.47. The third kappa shape index (κ3) is 4.83. The zero-order valence-corrected chi connectivity index (χ0v) is 17.6. The van der Waals surface area contributed by atoms with Crippen molar-refractivity contribution in [2.24, 2.45) is 13.0 Å². The average molecular weight is 425 g/mol. The Hall–Kier alpha value is -3.87. The number of carboxylic acid groups (broad SMARTS) is 1. The average Bonchev–Trinajstić information content (AvgIpc) is 3.07. The Morgan fingerprint density at radius 3 is 2.65 bits per heavy atom. The van der Waals surface area contributed by atoms with Crippen molar-refractivity contribution in [3.8, 4) is 6.07 Å². The molecule has 4 N–H and O–H groups in total. The van der Waals surface area contributed by atoms with E-state index in [1.165, 1.54) is 0 Å². The van der Waals surface area contributed by atoms with Crippen LogP contribution in [0.15, 0.2) is 30.5 Å². The van der Waals surface area contributed by atoms with Crippen LogP contribution in [0.4, 0.5) is 26.5 Å². The summed E-state index contributed by atoms with van der Waals surface area (Å²) < 4.78 is 16.4. The molecule has 0 bridgehead atoms. The number of benzene rings is 1. The summed E-state index contributed by atoms with van der Waals surface area (Å²) in [7, 11) is 1.84. The van der Waals surface area contributed by atoms with Gasteiger partial charge in [-0.2, -0.15) is 10.4 Å². The van der Waals surface area contributed by atoms with Gasteiger partial charge in [-0.05, 0) is 37.1 Å². The molecule has 1 aromatic carbocycles. The van der Waals surface area contributed by atoms with Crippen LogP contribution in [-0.2, 0) is 7.05 Å². The summed E-state index contributed by atoms with van der Waals surface area (Å²) in [5.74, 6) is -0.598. The molecule has 31 heavy (non-hydrogen) atoms. The van der Waals surface area contributed by atoms with Crippen molar-refractivity contribution < 1.29 is 14.3 Å². The van der Waals surface area contributed by atoms with Gasteiger partial charge in [0.2, 0.25) is 0 Å². The van der Waals surface area contributed by atoms with Gasteiger partial charge in [0.1, 0.15) is 6.07 Å². The molecule has 10 heteroatoms. The molecule has 0 unspecified atom stereocenters. The van der Waals surface area contributed by atoms with E-state index in [0.717, 1.165) is 17.0 Å². The molecule has 162 valence electrons. The zero-order chi connectivity index (χ0) is 22.7. The molecule has 0 aliphatic rings. The lowest BCUT2D eigenvalue weighted by Gasteiger charge is -2.29. The van der Waals surface area contributed by atoms with Crippen LogP contribution in [0.1, 0.15) is 26.3 Å². The molecule has 1 amide bonds. The second-order valence-corrected chi connectivity index (χ2v) is 7.65. The van der Waals surface area contributed by atoms with Gasteiger partial charge in [-0.25, -0.2) is 14.2 Å². The summed E-state index contributed by atoms with van der Waals surface area (Å²) >= 11 is 0. The van der Waals surface area contributed by atoms with Crippen LogP contribution in [0.25, 0.3) is 10.9 Å². The molecule has 0 fully saturated rings. The minimum absolute atomic E-state index is 0.0249. The SMILES string of the molecule is CC(C)[C@@H](Nc1nc(Nc2ccc3c(cnn3C)c2)c(C#N)cc1F)[C@H](C)NC(=O)O. The Bertz CT molecular complexity index is 1150. The standard InChI is InChI=1S/C21H24FN7O2/c1-11(2)18(12(3)25-21(30)31)27-20-16(22)8-13(9-23)19(28-20)26-15-5-6-17-14(7-15)10-24-29(17)4/h5-8,10-12,18,25H,1-4H3,(H,30,31)(H2,26,27,28)/t12-,18+/m0/s1. The van der Waals surface area contributed by atoms with E-state index >= 15 is 0 Å². The highest BCUT2D eigenvalue weighted by atomic mass is 19.1. The number of nitriles is 1. The molecular weight excluding hydrogens is 401 g/mol. The Labute approximate surface area is 178 Å². The summed E-state index contributed by atoms with van der Waals surface area (Å²) in [4.78, 5) is 15.3. The van der Waals surface area contributed by atoms with Gasteiger partial charge in [-0.15, -0.1) is 0 Å². The van der Waals surface area contributed by atoms with Crippen LogP contribution < -0.4 is 16.0 Å². The van der Waals surface area contributed by atoms with Crippen LogP contribution in [0.5, 0.6) is 0 Å². The molecule has 0 spiro atoms. The van der Waals surface area contributed by atoms with Crippen molar-refractivity contribution >= 4 is 34.3 Å². The monoisotopic (exact) mass is 425 g/mol. The first kappa shape index (κ1) is 21.8. The predicted molar refractivity (Wildman–Crippen MR) is 116 cm³/mol. The van der Waals surface area contributed by atoms with Crippen molar-refractivity contribution in [2.45, 2.75) is 32.9 Å². The van der Waals surface area contributed by atoms with Crippen molar-refractivity contribution in [3.63, 3.8) is 0 Å². The van der Waals surface area contributed by atoms with Gasteiger partial charge < -0.3 is 21.1 Å². The summed E-state index contributed by atoms with van der Waals surface area (Å²) in [5, 5.41) is 32.0. The highest BCUT2D eigenvalue weighted by molar-refractivity contribution is 5.83. The number of halogens is 1. The zero-order valence-electron chi connectivity index (χ0n) is 17.6. The van der Waals surface area contributed by atoms with E-state index in [9.17, 15) is 14.4 Å². The lowest BCUT2D eigenvalue weighted by atomic mass is 9.97. The second kappa shape index (κ2) is 8.87. The van der Waals surface area contributed by atoms with Crippen LogP contribution in [-0.4, -0.2) is 38.0 Å². The smallest absolute Gasteiger partial charge is 0.404 e. The van der Waals surface area contributed by atoms with Gasteiger partial charge in [0.05, 0.1) is 17.3 Å². The molecule has 2 heterocycles. The third-order valence-electron chi connectivity index (χ3n) is 5.02. The second-order valence-electron chi connectivity index (χ2n) is 7.65. The van der Waals surface area contributed by atoms with E-state index in [1.54, 1.807) is 17.8 Å². The highest BCUT2D eigenvalue weighted by Gasteiger charge is 2.24. The number of fused-ring (bicyclic) bond motifs is 1. The van der Waals surface area contributed by atoms with E-state index in [1.807, 2.05) is 45.2 Å².